The first-order valence-electron chi connectivity index (χ1n) is 6.70. The molecule has 0 aliphatic rings. The number of aryl methyl sites for hydroxylation is 1. The van der Waals surface area contributed by atoms with Gasteiger partial charge in [-0.25, -0.2) is 4.98 Å². The van der Waals surface area contributed by atoms with Gasteiger partial charge in [0.25, 0.3) is 0 Å². The highest BCUT2D eigenvalue weighted by Gasteiger charge is 2.08. The van der Waals surface area contributed by atoms with Gasteiger partial charge in [-0.05, 0) is 30.2 Å². The lowest BCUT2D eigenvalue weighted by Gasteiger charge is -2.04. The Labute approximate surface area is 130 Å². The number of carbonyl (C=O) groups is 1. The molecule has 2 N–H and O–H groups in total. The molecule has 3 aromatic rings. The molecule has 3 rings (SSSR count). The van der Waals surface area contributed by atoms with Gasteiger partial charge in [-0.15, -0.1) is 0 Å². The van der Waals surface area contributed by atoms with Crippen LogP contribution in [-0.2, 0) is 11.2 Å². The summed E-state index contributed by atoms with van der Waals surface area (Å²) in [5, 5.41) is 2.80. The van der Waals surface area contributed by atoms with E-state index in [4.69, 9.17) is 0 Å². The summed E-state index contributed by atoms with van der Waals surface area (Å²) in [4.78, 5) is 19.4. The second kappa shape index (κ2) is 6.10. The summed E-state index contributed by atoms with van der Waals surface area (Å²) in [7, 11) is 0. The molecule has 0 saturated carbocycles. The molecule has 1 aromatic heterocycles. The zero-order chi connectivity index (χ0) is 14.7. The Hall–Kier alpha value is -2.14. The number of amides is 1. The highest BCUT2D eigenvalue weighted by Crippen LogP contribution is 2.18. The van der Waals surface area contributed by atoms with Crippen molar-refractivity contribution in [1.29, 1.82) is 0 Å². The average Bonchev–Trinajstić information content (AvgIpc) is 2.88. The van der Waals surface area contributed by atoms with Crippen LogP contribution in [0.1, 0.15) is 12.0 Å². The second-order valence-corrected chi connectivity index (χ2v) is 5.60. The molecule has 0 spiro atoms. The predicted octanol–water partition coefficient (Wildman–Crippen LogP) is 3.90. The number of nitrogens with zero attached hydrogens (tertiary/aromatic N) is 1. The van der Waals surface area contributed by atoms with E-state index in [1.54, 1.807) is 0 Å². The smallest absolute Gasteiger partial charge is 0.227 e. The van der Waals surface area contributed by atoms with Crippen LogP contribution in [0.3, 0.4) is 0 Å². The minimum absolute atomic E-state index is 0.0511. The summed E-state index contributed by atoms with van der Waals surface area (Å²) in [6.45, 7) is 0. The number of aromatic nitrogens is 2. The summed E-state index contributed by atoms with van der Waals surface area (Å²) in [6.07, 6.45) is 1.10. The molecule has 5 heteroatoms. The lowest BCUT2D eigenvalue weighted by Crippen LogP contribution is -2.13. The molecule has 0 aliphatic heterocycles. The van der Waals surface area contributed by atoms with E-state index in [0.717, 1.165) is 21.1 Å². The van der Waals surface area contributed by atoms with Crippen LogP contribution in [-0.4, -0.2) is 15.9 Å². The van der Waals surface area contributed by atoms with Crippen molar-refractivity contribution in [3.8, 4) is 0 Å². The molecular weight excluding hydrogens is 330 g/mol. The van der Waals surface area contributed by atoms with E-state index >= 15 is 0 Å². The van der Waals surface area contributed by atoms with Crippen molar-refractivity contribution in [2.24, 2.45) is 0 Å². The highest BCUT2D eigenvalue weighted by atomic mass is 79.9. The van der Waals surface area contributed by atoms with E-state index in [9.17, 15) is 4.79 Å². The normalized spacial score (nSPS) is 10.7. The van der Waals surface area contributed by atoms with Gasteiger partial charge >= 0.3 is 0 Å². The number of imidazole rings is 1. The van der Waals surface area contributed by atoms with Crippen molar-refractivity contribution in [1.82, 2.24) is 9.97 Å². The minimum Gasteiger partial charge on any atom is -0.324 e. The molecule has 1 heterocycles. The number of halogens is 1. The SMILES string of the molecule is O=C(CCc1ccccc1Br)Nc1nc2ccccc2[nH]1. The fraction of sp³-hybridized carbons (Fsp3) is 0.125. The average molecular weight is 344 g/mol. The summed E-state index contributed by atoms with van der Waals surface area (Å²) >= 11 is 3.49. The molecule has 0 unspecified atom stereocenters. The van der Waals surface area contributed by atoms with Gasteiger partial charge in [0, 0.05) is 10.9 Å². The number of benzene rings is 2. The van der Waals surface area contributed by atoms with Gasteiger partial charge in [0.1, 0.15) is 0 Å². The molecule has 0 saturated heterocycles. The predicted molar refractivity (Wildman–Crippen MR) is 87.2 cm³/mol. The largest absolute Gasteiger partial charge is 0.324 e. The molecule has 1 amide bonds. The first-order valence-corrected chi connectivity index (χ1v) is 7.50. The van der Waals surface area contributed by atoms with Crippen LogP contribution in [0.15, 0.2) is 53.0 Å². The van der Waals surface area contributed by atoms with E-state index in [1.807, 2.05) is 48.5 Å². The fourth-order valence-electron chi connectivity index (χ4n) is 2.16. The monoisotopic (exact) mass is 343 g/mol. The Kier molecular flexibility index (Phi) is 4.01. The van der Waals surface area contributed by atoms with Crippen LogP contribution in [0.4, 0.5) is 5.95 Å². The maximum absolute atomic E-state index is 12.0. The molecule has 0 aliphatic carbocycles. The summed E-state index contributed by atoms with van der Waals surface area (Å²) in [5.74, 6) is 0.443. The zero-order valence-corrected chi connectivity index (χ0v) is 12.9. The summed E-state index contributed by atoms with van der Waals surface area (Å²) < 4.78 is 1.03. The Balaban J connectivity index is 1.62. The number of para-hydroxylation sites is 2. The number of nitrogens with one attached hydrogen (secondary N) is 2. The van der Waals surface area contributed by atoms with Crippen molar-refractivity contribution in [2.45, 2.75) is 12.8 Å². The third-order valence-corrected chi connectivity index (χ3v) is 4.00. The molecule has 2 aromatic carbocycles. The molecule has 0 fully saturated rings. The molecule has 4 nitrogen and oxygen atoms in total. The van der Waals surface area contributed by atoms with Crippen LogP contribution < -0.4 is 5.32 Å². The number of rotatable bonds is 4. The van der Waals surface area contributed by atoms with Gasteiger partial charge in [0.05, 0.1) is 11.0 Å². The first-order chi connectivity index (χ1) is 10.2. The van der Waals surface area contributed by atoms with Gasteiger partial charge in [-0.1, -0.05) is 46.3 Å². The van der Waals surface area contributed by atoms with Crippen LogP contribution in [0.2, 0.25) is 0 Å². The Morgan fingerprint density at radius 1 is 1.14 bits per heavy atom. The number of anilines is 1. The molecule has 0 atom stereocenters. The lowest BCUT2D eigenvalue weighted by atomic mass is 10.1. The van der Waals surface area contributed by atoms with Gasteiger partial charge in [-0.2, -0.15) is 0 Å². The zero-order valence-electron chi connectivity index (χ0n) is 11.3. The topological polar surface area (TPSA) is 57.8 Å². The van der Waals surface area contributed by atoms with Crippen LogP contribution in [0, 0.1) is 0 Å². The summed E-state index contributed by atoms with van der Waals surface area (Å²) in [5.41, 5.74) is 2.88. The third kappa shape index (κ3) is 3.31. The van der Waals surface area contributed by atoms with Crippen molar-refractivity contribution >= 4 is 38.8 Å². The lowest BCUT2D eigenvalue weighted by molar-refractivity contribution is -0.116. The third-order valence-electron chi connectivity index (χ3n) is 3.23. The van der Waals surface area contributed by atoms with Crippen molar-refractivity contribution in [3.05, 3.63) is 58.6 Å². The van der Waals surface area contributed by atoms with E-state index < -0.39 is 0 Å². The van der Waals surface area contributed by atoms with Crippen LogP contribution >= 0.6 is 15.9 Å². The van der Waals surface area contributed by atoms with Crippen molar-refractivity contribution in [3.63, 3.8) is 0 Å². The quantitative estimate of drug-likeness (QED) is 0.754. The standard InChI is InChI=1S/C16H14BrN3O/c17-12-6-2-1-5-11(12)9-10-15(21)20-16-18-13-7-3-4-8-14(13)19-16/h1-8H,9-10H2,(H2,18,19,20,21). The number of hydrogen-bond donors (Lipinski definition) is 2. The molecule has 106 valence electrons. The Bertz CT molecular complexity index is 749. The Morgan fingerprint density at radius 2 is 1.90 bits per heavy atom. The van der Waals surface area contributed by atoms with E-state index in [0.29, 0.717) is 18.8 Å². The minimum atomic E-state index is -0.0511. The van der Waals surface area contributed by atoms with Crippen molar-refractivity contribution < 1.29 is 4.79 Å². The fourth-order valence-corrected chi connectivity index (χ4v) is 2.64. The van der Waals surface area contributed by atoms with E-state index in [1.165, 1.54) is 0 Å². The van der Waals surface area contributed by atoms with Crippen LogP contribution in [0.25, 0.3) is 11.0 Å². The molecule has 21 heavy (non-hydrogen) atoms. The maximum atomic E-state index is 12.0. The Morgan fingerprint density at radius 3 is 2.71 bits per heavy atom. The van der Waals surface area contributed by atoms with Crippen LogP contribution in [0.5, 0.6) is 0 Å². The number of fused-ring (bicyclic) bond motifs is 1. The molecule has 0 radical (unpaired) electrons. The molecular formula is C16H14BrN3O. The second-order valence-electron chi connectivity index (χ2n) is 4.74. The number of hydrogen-bond acceptors (Lipinski definition) is 2. The summed E-state index contributed by atoms with van der Waals surface area (Å²) in [6, 6.07) is 15.6. The highest BCUT2D eigenvalue weighted by molar-refractivity contribution is 9.10. The molecule has 0 bridgehead atoms. The number of carbonyl (C=O) groups excluding carboxylic acids is 1. The van der Waals surface area contributed by atoms with Gasteiger partial charge in [-0.3, -0.25) is 10.1 Å². The van der Waals surface area contributed by atoms with Gasteiger partial charge < -0.3 is 4.98 Å². The number of H-pyrrole nitrogens is 1. The van der Waals surface area contributed by atoms with E-state index in [-0.39, 0.29) is 5.91 Å². The van der Waals surface area contributed by atoms with Crippen molar-refractivity contribution in [2.75, 3.05) is 5.32 Å². The maximum Gasteiger partial charge on any atom is 0.227 e. The number of aromatic amines is 1. The first kappa shape index (κ1) is 13.8. The van der Waals surface area contributed by atoms with E-state index in [2.05, 4.69) is 31.2 Å². The van der Waals surface area contributed by atoms with Gasteiger partial charge in [0.2, 0.25) is 11.9 Å². The van der Waals surface area contributed by atoms with Gasteiger partial charge in [0.15, 0.2) is 0 Å².